The summed E-state index contributed by atoms with van der Waals surface area (Å²) in [4.78, 5) is 0. The Morgan fingerprint density at radius 3 is 1.66 bits per heavy atom. The maximum atomic E-state index is 12.8. The average molecular weight is 1110 g/mol. The lowest BCUT2D eigenvalue weighted by molar-refractivity contribution is -0.378. The molecule has 77 heavy (non-hydrogen) atoms. The SMILES string of the molecule is CC(C)=CCC[C@](C)(O[C@@H]1O[C@H](CO[C@@H]2O[C@H](CO)[C@@H](O)[C@H](O)[C@H]2O)[C@@H](O)[C@H](O)[C@H]1O)[C@H]1CC[C@]2(C)[C@@H]1[C@H](O)C[C@@H]1C3[C@H](C)C[C@H](O[C@@H]4O[C@H](CO)[C@@H](O)[C@H](O)[C@H]4O[C@@H]4O[C@H](CO)[C@@H](O)[C@H](O)[C@H]4O)C(C)(C)[C@@H]3CC[C@]12C. The van der Waals surface area contributed by atoms with E-state index in [9.17, 15) is 76.6 Å². The molecule has 0 aromatic rings. The zero-order valence-electron chi connectivity index (χ0n) is 45.7. The van der Waals surface area contributed by atoms with Gasteiger partial charge in [0.2, 0.25) is 0 Å². The number of hydrogen-bond donors (Lipinski definition) is 15. The Hall–Kier alpha value is -1.18. The van der Waals surface area contributed by atoms with Crippen LogP contribution in [0.2, 0.25) is 0 Å². The summed E-state index contributed by atoms with van der Waals surface area (Å²) in [5.41, 5.74) is -1.22. The molecule has 4 aliphatic carbocycles. The normalized spacial score (nSPS) is 52.7. The van der Waals surface area contributed by atoms with E-state index in [1.807, 2.05) is 20.8 Å². The minimum absolute atomic E-state index is 0.0341. The Kier molecular flexibility index (Phi) is 19.1. The standard InChI is InChI=1S/C54H92O23/c1-22(2)10-9-13-54(8,77-49-45(69)41(65)38(62)31(74-49)21-70-47-43(67)39(63)35(59)28(18-55)71-47)25-12-15-53(7)34(25)27(58)17-26-33-23(3)16-32(51(4,5)24(33)11-14-52(26,53)6)75-50-46(42(66)37(61)30(20-57)73-50)76-48-44(68)40(64)36(60)29(19-56)72-48/h10,23-50,55-69H,9,11-21H2,1-8H3/t23-,24-,25+,26-,27-,28-,29-,30-,31-,32+,33?,34+,35-,36-,37-,38-,39+,40+,41+,42+,43-,44-,45-,46-,47-,48+,49+,50+,52-,53-,54+/m1/s1. The average Bonchev–Trinajstić information content (AvgIpc) is 3.80. The molecule has 1 unspecified atom stereocenters. The van der Waals surface area contributed by atoms with Crippen molar-refractivity contribution in [2.24, 2.45) is 51.8 Å². The van der Waals surface area contributed by atoms with Crippen molar-refractivity contribution in [2.75, 3.05) is 26.4 Å². The van der Waals surface area contributed by atoms with Crippen LogP contribution in [0.15, 0.2) is 11.6 Å². The van der Waals surface area contributed by atoms with Gasteiger partial charge in [-0.2, -0.15) is 0 Å². The van der Waals surface area contributed by atoms with E-state index in [1.165, 1.54) is 0 Å². The van der Waals surface area contributed by atoms with Gasteiger partial charge in [0.1, 0.15) is 97.7 Å². The van der Waals surface area contributed by atoms with Gasteiger partial charge < -0.3 is 114 Å². The number of hydrogen-bond acceptors (Lipinski definition) is 23. The molecule has 0 spiro atoms. The monoisotopic (exact) mass is 1110 g/mol. The van der Waals surface area contributed by atoms with E-state index in [4.69, 9.17) is 37.9 Å². The molecule has 8 aliphatic rings. The van der Waals surface area contributed by atoms with Crippen LogP contribution in [0.1, 0.15) is 107 Å². The quantitative estimate of drug-likeness (QED) is 0.0568. The number of allylic oxidation sites excluding steroid dienone is 2. The van der Waals surface area contributed by atoms with Gasteiger partial charge in [-0.05, 0) is 124 Å². The number of rotatable bonds is 16. The van der Waals surface area contributed by atoms with Gasteiger partial charge in [0.05, 0.1) is 44.2 Å². The molecule has 0 amide bonds. The second-order valence-electron chi connectivity index (χ2n) is 25.6. The van der Waals surface area contributed by atoms with Crippen molar-refractivity contribution in [3.05, 3.63) is 11.6 Å². The maximum Gasteiger partial charge on any atom is 0.187 e. The van der Waals surface area contributed by atoms with Gasteiger partial charge in [-0.3, -0.25) is 0 Å². The van der Waals surface area contributed by atoms with E-state index >= 15 is 0 Å². The second-order valence-corrected chi connectivity index (χ2v) is 25.6. The van der Waals surface area contributed by atoms with E-state index in [2.05, 4.69) is 40.7 Å². The van der Waals surface area contributed by atoms with Crippen LogP contribution in [-0.2, 0) is 37.9 Å². The van der Waals surface area contributed by atoms with Crippen molar-refractivity contribution in [1.82, 2.24) is 0 Å². The number of aliphatic hydroxyl groups excluding tert-OH is 15. The Labute approximate surface area is 450 Å². The van der Waals surface area contributed by atoms with Crippen LogP contribution < -0.4 is 0 Å². The molecule has 4 saturated heterocycles. The molecule has 0 bridgehead atoms. The number of aliphatic hydroxyl groups is 15. The van der Waals surface area contributed by atoms with Crippen molar-refractivity contribution >= 4 is 0 Å². The third-order valence-electron chi connectivity index (χ3n) is 20.7. The van der Waals surface area contributed by atoms with Crippen LogP contribution >= 0.6 is 0 Å². The molecule has 15 N–H and O–H groups in total. The Morgan fingerprint density at radius 1 is 0.571 bits per heavy atom. The summed E-state index contributed by atoms with van der Waals surface area (Å²) >= 11 is 0. The molecule has 446 valence electrons. The van der Waals surface area contributed by atoms with E-state index in [0.717, 1.165) is 24.8 Å². The van der Waals surface area contributed by atoms with Gasteiger partial charge in [0.15, 0.2) is 25.2 Å². The molecule has 0 radical (unpaired) electrons. The molecule has 0 aromatic heterocycles. The zero-order valence-corrected chi connectivity index (χ0v) is 45.7. The number of ether oxygens (including phenoxy) is 8. The van der Waals surface area contributed by atoms with Gasteiger partial charge in [0.25, 0.3) is 0 Å². The van der Waals surface area contributed by atoms with Crippen LogP contribution in [0, 0.1) is 51.8 Å². The molecule has 4 saturated carbocycles. The predicted octanol–water partition coefficient (Wildman–Crippen LogP) is -2.35. The minimum atomic E-state index is -1.82. The van der Waals surface area contributed by atoms with Crippen molar-refractivity contribution in [3.8, 4) is 0 Å². The first-order valence-electron chi connectivity index (χ1n) is 28.0. The first-order valence-corrected chi connectivity index (χ1v) is 28.0. The summed E-state index contributed by atoms with van der Waals surface area (Å²) < 4.78 is 49.0. The van der Waals surface area contributed by atoms with Gasteiger partial charge in [-0.15, -0.1) is 0 Å². The fraction of sp³-hybridized carbons (Fsp3) is 0.963. The van der Waals surface area contributed by atoms with Gasteiger partial charge >= 0.3 is 0 Å². The van der Waals surface area contributed by atoms with Gasteiger partial charge in [-0.25, -0.2) is 0 Å². The summed E-state index contributed by atoms with van der Waals surface area (Å²) in [5, 5.41) is 162. The molecule has 8 fully saturated rings. The predicted molar refractivity (Wildman–Crippen MR) is 266 cm³/mol. The minimum Gasteiger partial charge on any atom is -0.394 e. The Morgan fingerprint density at radius 2 is 1.08 bits per heavy atom. The van der Waals surface area contributed by atoms with Crippen LogP contribution in [0.5, 0.6) is 0 Å². The van der Waals surface area contributed by atoms with E-state index in [0.29, 0.717) is 32.1 Å². The fourth-order valence-electron chi connectivity index (χ4n) is 15.9. The smallest absolute Gasteiger partial charge is 0.187 e. The van der Waals surface area contributed by atoms with E-state index in [-0.39, 0.29) is 40.9 Å². The van der Waals surface area contributed by atoms with Crippen LogP contribution in [0.4, 0.5) is 0 Å². The fourth-order valence-corrected chi connectivity index (χ4v) is 15.9. The van der Waals surface area contributed by atoms with Crippen LogP contribution in [0.3, 0.4) is 0 Å². The molecule has 8 rings (SSSR count). The largest absolute Gasteiger partial charge is 0.394 e. The first kappa shape index (κ1) is 61.9. The molecule has 4 heterocycles. The van der Waals surface area contributed by atoms with E-state index < -0.39 is 178 Å². The van der Waals surface area contributed by atoms with Crippen molar-refractivity contribution < 1.29 is 114 Å². The molecule has 23 heteroatoms. The van der Waals surface area contributed by atoms with Gasteiger partial charge in [0, 0.05) is 0 Å². The molecule has 0 aromatic carbocycles. The highest BCUT2D eigenvalue weighted by atomic mass is 16.8. The topological polar surface area (TPSA) is 377 Å². The third kappa shape index (κ3) is 11.1. The lowest BCUT2D eigenvalue weighted by atomic mass is 9.38. The highest BCUT2D eigenvalue weighted by Gasteiger charge is 2.70. The van der Waals surface area contributed by atoms with Gasteiger partial charge in [-0.1, -0.05) is 46.3 Å². The molecular weight excluding hydrogens is 1020 g/mol. The van der Waals surface area contributed by atoms with Crippen molar-refractivity contribution in [3.63, 3.8) is 0 Å². The van der Waals surface area contributed by atoms with Crippen molar-refractivity contribution in [1.29, 1.82) is 0 Å². The molecule has 4 aliphatic heterocycles. The zero-order chi connectivity index (χ0) is 56.6. The molecule has 31 atom stereocenters. The summed E-state index contributed by atoms with van der Waals surface area (Å²) in [6.07, 6.45) is -25.8. The lowest BCUT2D eigenvalue weighted by Gasteiger charge is -2.68. The van der Waals surface area contributed by atoms with Crippen LogP contribution in [-0.4, -0.2) is 244 Å². The molecular formula is C54H92O23. The maximum absolute atomic E-state index is 12.8. The third-order valence-corrected chi connectivity index (χ3v) is 20.7. The van der Waals surface area contributed by atoms with E-state index in [1.54, 1.807) is 0 Å². The second kappa shape index (κ2) is 23.8. The Balaban J connectivity index is 1.01. The lowest BCUT2D eigenvalue weighted by Crippen LogP contribution is -2.67. The summed E-state index contributed by atoms with van der Waals surface area (Å²) in [6, 6.07) is 0. The summed E-state index contributed by atoms with van der Waals surface area (Å²) in [7, 11) is 0. The highest BCUT2D eigenvalue weighted by Crippen LogP contribution is 2.74. The van der Waals surface area contributed by atoms with Crippen molar-refractivity contribution in [2.45, 2.75) is 247 Å². The Bertz CT molecular complexity index is 1980. The van der Waals surface area contributed by atoms with Crippen LogP contribution in [0.25, 0.3) is 0 Å². The molecule has 23 nitrogen and oxygen atoms in total. The number of fused-ring (bicyclic) bond motifs is 5. The first-order chi connectivity index (χ1) is 36.1. The highest BCUT2D eigenvalue weighted by molar-refractivity contribution is 5.19. The summed E-state index contributed by atoms with van der Waals surface area (Å²) in [6.45, 7) is 14.5. The summed E-state index contributed by atoms with van der Waals surface area (Å²) in [5.74, 6) is -0.243.